The number of carbonyl (C=O) groups is 1. The van der Waals surface area contributed by atoms with Crippen molar-refractivity contribution in [3.8, 4) is 0 Å². The normalized spacial score (nSPS) is 17.4. The summed E-state index contributed by atoms with van der Waals surface area (Å²) in [7, 11) is 0. The fourth-order valence-corrected chi connectivity index (χ4v) is 4.37. The second-order valence-electron chi connectivity index (χ2n) is 6.17. The number of anilines is 1. The molecule has 0 aliphatic carbocycles. The first-order chi connectivity index (χ1) is 11.7. The van der Waals surface area contributed by atoms with Gasteiger partial charge in [-0.25, -0.2) is 0 Å². The summed E-state index contributed by atoms with van der Waals surface area (Å²) in [4.78, 5) is 16.5. The van der Waals surface area contributed by atoms with E-state index in [9.17, 15) is 4.79 Å². The Morgan fingerprint density at radius 3 is 2.67 bits per heavy atom. The van der Waals surface area contributed by atoms with Crippen LogP contribution in [0.4, 0.5) is 5.69 Å². The Kier molecular flexibility index (Phi) is 4.03. The van der Waals surface area contributed by atoms with Crippen LogP contribution in [0.3, 0.4) is 0 Å². The molecular weight excluding hydrogens is 314 g/mol. The van der Waals surface area contributed by atoms with Gasteiger partial charge in [0, 0.05) is 22.3 Å². The highest BCUT2D eigenvalue weighted by molar-refractivity contribution is 8.00. The predicted octanol–water partition coefficient (Wildman–Crippen LogP) is 5.37. The number of hydrogen-bond acceptors (Lipinski definition) is 2. The molecule has 3 heteroatoms. The van der Waals surface area contributed by atoms with E-state index in [-0.39, 0.29) is 5.91 Å². The van der Waals surface area contributed by atoms with Crippen LogP contribution >= 0.6 is 11.8 Å². The molecule has 1 atom stereocenters. The molecule has 3 aromatic carbocycles. The summed E-state index contributed by atoms with van der Waals surface area (Å²) in [6.45, 7) is 2.99. The SMILES string of the molecule is CC1CCN(C(=O)c2cccc3ccccc23)c2ccccc2S1. The highest BCUT2D eigenvalue weighted by Gasteiger charge is 2.25. The average molecular weight is 333 g/mol. The maximum Gasteiger partial charge on any atom is 0.258 e. The van der Waals surface area contributed by atoms with Gasteiger partial charge in [0.25, 0.3) is 5.91 Å². The molecule has 24 heavy (non-hydrogen) atoms. The Labute approximate surface area is 146 Å². The first-order valence-corrected chi connectivity index (χ1v) is 9.17. The molecule has 2 nitrogen and oxygen atoms in total. The van der Waals surface area contributed by atoms with Crippen LogP contribution in [0.25, 0.3) is 10.8 Å². The molecule has 1 amide bonds. The fourth-order valence-electron chi connectivity index (χ4n) is 3.26. The summed E-state index contributed by atoms with van der Waals surface area (Å²) in [6, 6.07) is 22.3. The van der Waals surface area contributed by atoms with Gasteiger partial charge in [-0.2, -0.15) is 0 Å². The van der Waals surface area contributed by atoms with Crippen molar-refractivity contribution in [3.05, 3.63) is 72.3 Å². The molecule has 4 rings (SSSR count). The third-order valence-electron chi connectivity index (χ3n) is 4.51. The van der Waals surface area contributed by atoms with E-state index in [0.29, 0.717) is 5.25 Å². The molecule has 1 aliphatic rings. The molecule has 0 saturated carbocycles. The zero-order valence-electron chi connectivity index (χ0n) is 13.6. The van der Waals surface area contributed by atoms with E-state index in [0.717, 1.165) is 35.0 Å². The Morgan fingerprint density at radius 1 is 1.00 bits per heavy atom. The summed E-state index contributed by atoms with van der Waals surface area (Å²) in [5.41, 5.74) is 1.81. The average Bonchev–Trinajstić information content (AvgIpc) is 2.79. The molecule has 1 aliphatic heterocycles. The largest absolute Gasteiger partial charge is 0.307 e. The minimum absolute atomic E-state index is 0.0916. The van der Waals surface area contributed by atoms with Crippen LogP contribution in [-0.4, -0.2) is 17.7 Å². The first kappa shape index (κ1) is 15.3. The van der Waals surface area contributed by atoms with Gasteiger partial charge < -0.3 is 4.90 Å². The molecule has 0 saturated heterocycles. The molecule has 0 spiro atoms. The maximum atomic E-state index is 13.4. The Hall–Kier alpha value is -2.26. The van der Waals surface area contributed by atoms with Crippen LogP contribution in [-0.2, 0) is 0 Å². The van der Waals surface area contributed by atoms with Crippen molar-refractivity contribution in [2.75, 3.05) is 11.4 Å². The van der Waals surface area contributed by atoms with Gasteiger partial charge in [0.2, 0.25) is 0 Å². The van der Waals surface area contributed by atoms with E-state index in [2.05, 4.69) is 31.2 Å². The number of thioether (sulfide) groups is 1. The molecule has 0 fully saturated rings. The second-order valence-corrected chi connectivity index (χ2v) is 7.65. The van der Waals surface area contributed by atoms with E-state index < -0.39 is 0 Å². The lowest BCUT2D eigenvalue weighted by molar-refractivity contribution is 0.0988. The van der Waals surface area contributed by atoms with Crippen LogP contribution in [0.5, 0.6) is 0 Å². The summed E-state index contributed by atoms with van der Waals surface area (Å²) in [5, 5.41) is 2.64. The van der Waals surface area contributed by atoms with Crippen molar-refractivity contribution in [2.24, 2.45) is 0 Å². The second kappa shape index (κ2) is 6.33. The number of fused-ring (bicyclic) bond motifs is 2. The van der Waals surface area contributed by atoms with Crippen molar-refractivity contribution in [3.63, 3.8) is 0 Å². The van der Waals surface area contributed by atoms with Gasteiger partial charge in [0.15, 0.2) is 0 Å². The van der Waals surface area contributed by atoms with Gasteiger partial charge >= 0.3 is 0 Å². The topological polar surface area (TPSA) is 20.3 Å². The van der Waals surface area contributed by atoms with E-state index in [4.69, 9.17) is 0 Å². The van der Waals surface area contributed by atoms with E-state index in [1.165, 1.54) is 4.90 Å². The Bertz CT molecular complexity index is 900. The molecule has 1 heterocycles. The van der Waals surface area contributed by atoms with E-state index in [1.807, 2.05) is 59.1 Å². The van der Waals surface area contributed by atoms with Crippen molar-refractivity contribution >= 4 is 34.1 Å². The van der Waals surface area contributed by atoms with Crippen molar-refractivity contribution < 1.29 is 4.79 Å². The smallest absolute Gasteiger partial charge is 0.258 e. The van der Waals surface area contributed by atoms with Gasteiger partial charge in [-0.1, -0.05) is 55.5 Å². The predicted molar refractivity (Wildman–Crippen MR) is 102 cm³/mol. The van der Waals surface area contributed by atoms with Crippen LogP contribution < -0.4 is 4.90 Å². The zero-order valence-corrected chi connectivity index (χ0v) is 14.4. The third-order valence-corrected chi connectivity index (χ3v) is 5.75. The lowest BCUT2D eigenvalue weighted by Gasteiger charge is -2.23. The van der Waals surface area contributed by atoms with Crippen molar-refractivity contribution in [1.29, 1.82) is 0 Å². The molecule has 0 bridgehead atoms. The Morgan fingerprint density at radius 2 is 1.75 bits per heavy atom. The molecule has 120 valence electrons. The lowest BCUT2D eigenvalue weighted by atomic mass is 10.0. The molecule has 0 N–H and O–H groups in total. The molecule has 1 unspecified atom stereocenters. The van der Waals surface area contributed by atoms with Crippen LogP contribution in [0.2, 0.25) is 0 Å². The molecule has 0 aromatic heterocycles. The summed E-state index contributed by atoms with van der Waals surface area (Å²) >= 11 is 1.86. The summed E-state index contributed by atoms with van der Waals surface area (Å²) < 4.78 is 0. The minimum Gasteiger partial charge on any atom is -0.307 e. The number of para-hydroxylation sites is 1. The first-order valence-electron chi connectivity index (χ1n) is 8.29. The van der Waals surface area contributed by atoms with Crippen molar-refractivity contribution in [2.45, 2.75) is 23.5 Å². The number of hydrogen-bond donors (Lipinski definition) is 0. The standard InChI is InChI=1S/C21H19NOS/c1-15-13-14-22(19-11-4-5-12-20(19)24-15)21(23)18-10-6-8-16-7-2-3-9-17(16)18/h2-12,15H,13-14H2,1H3. The van der Waals surface area contributed by atoms with E-state index in [1.54, 1.807) is 0 Å². The zero-order chi connectivity index (χ0) is 16.5. The van der Waals surface area contributed by atoms with Gasteiger partial charge in [-0.05, 0) is 35.4 Å². The quantitative estimate of drug-likeness (QED) is 0.596. The lowest BCUT2D eigenvalue weighted by Crippen LogP contribution is -2.32. The number of carbonyl (C=O) groups excluding carboxylic acids is 1. The number of rotatable bonds is 1. The third kappa shape index (κ3) is 2.69. The van der Waals surface area contributed by atoms with Gasteiger partial charge in [-0.15, -0.1) is 11.8 Å². The molecule has 0 radical (unpaired) electrons. The van der Waals surface area contributed by atoms with Gasteiger partial charge in [0.1, 0.15) is 0 Å². The van der Waals surface area contributed by atoms with Gasteiger partial charge in [-0.3, -0.25) is 4.79 Å². The minimum atomic E-state index is 0.0916. The Balaban J connectivity index is 1.82. The fraction of sp³-hybridized carbons (Fsp3) is 0.190. The van der Waals surface area contributed by atoms with Crippen LogP contribution in [0.1, 0.15) is 23.7 Å². The molecule has 3 aromatic rings. The highest BCUT2D eigenvalue weighted by atomic mass is 32.2. The maximum absolute atomic E-state index is 13.4. The highest BCUT2D eigenvalue weighted by Crippen LogP contribution is 2.38. The number of amides is 1. The summed E-state index contributed by atoms with van der Waals surface area (Å²) in [5.74, 6) is 0.0916. The van der Waals surface area contributed by atoms with Crippen LogP contribution in [0.15, 0.2) is 71.6 Å². The summed E-state index contributed by atoms with van der Waals surface area (Å²) in [6.07, 6.45) is 0.996. The van der Waals surface area contributed by atoms with Crippen molar-refractivity contribution in [1.82, 2.24) is 0 Å². The number of benzene rings is 3. The molecular formula is C21H19NOS. The monoisotopic (exact) mass is 333 g/mol. The van der Waals surface area contributed by atoms with Crippen LogP contribution in [0, 0.1) is 0 Å². The van der Waals surface area contributed by atoms with Gasteiger partial charge in [0.05, 0.1) is 5.69 Å². The van der Waals surface area contributed by atoms with E-state index >= 15 is 0 Å². The number of nitrogens with zero attached hydrogens (tertiary/aromatic N) is 1.